The fraction of sp³-hybridized carbons (Fsp3) is 0.389. The Kier molecular flexibility index (Phi) is 4.96. The number of benzene rings is 1. The number of carbonyl (C=O) groups excluding carboxylic acids is 1. The Morgan fingerprint density at radius 3 is 2.74 bits per heavy atom. The summed E-state index contributed by atoms with van der Waals surface area (Å²) in [6, 6.07) is 12.3. The number of amides is 1. The van der Waals surface area contributed by atoms with Crippen LogP contribution in [0.3, 0.4) is 0 Å². The monoisotopic (exact) mass is 327 g/mol. The number of carbonyl (C=O) groups is 1. The van der Waals surface area contributed by atoms with Crippen LogP contribution in [0.15, 0.2) is 41.6 Å². The highest BCUT2D eigenvalue weighted by atomic mass is 32.2. The van der Waals surface area contributed by atoms with E-state index < -0.39 is 0 Å². The molecule has 0 radical (unpaired) electrons. The topological polar surface area (TPSA) is 54.9 Å². The summed E-state index contributed by atoms with van der Waals surface area (Å²) in [6.07, 6.45) is 2.46. The van der Waals surface area contributed by atoms with Crippen LogP contribution in [0.4, 0.5) is 0 Å². The van der Waals surface area contributed by atoms with E-state index in [-0.39, 0.29) is 11.9 Å². The molecule has 1 atom stereocenters. The van der Waals surface area contributed by atoms with Crippen LogP contribution < -0.4 is 5.32 Å². The third kappa shape index (κ3) is 4.55. The average Bonchev–Trinajstić information content (AvgIpc) is 3.38. The molecule has 1 saturated carbocycles. The SMILES string of the molecule is Cc1cc(-c2ccccc2)nc(SCC(=O)N[C@@H](C)C2CC2)n1. The highest BCUT2D eigenvalue weighted by molar-refractivity contribution is 7.99. The molecule has 1 fully saturated rings. The molecule has 1 aromatic heterocycles. The van der Waals surface area contributed by atoms with Gasteiger partial charge in [0.2, 0.25) is 5.91 Å². The summed E-state index contributed by atoms with van der Waals surface area (Å²) in [5.74, 6) is 1.08. The second kappa shape index (κ2) is 7.13. The predicted molar refractivity (Wildman–Crippen MR) is 93.3 cm³/mol. The van der Waals surface area contributed by atoms with E-state index in [4.69, 9.17) is 0 Å². The predicted octanol–water partition coefficient (Wildman–Crippen LogP) is 3.46. The molecule has 5 heteroatoms. The lowest BCUT2D eigenvalue weighted by Crippen LogP contribution is -2.35. The number of nitrogens with one attached hydrogen (secondary N) is 1. The smallest absolute Gasteiger partial charge is 0.230 e. The zero-order valence-corrected chi connectivity index (χ0v) is 14.3. The highest BCUT2D eigenvalue weighted by Crippen LogP contribution is 2.32. The molecule has 1 aliphatic rings. The van der Waals surface area contributed by atoms with E-state index in [1.54, 1.807) is 0 Å². The van der Waals surface area contributed by atoms with Gasteiger partial charge in [-0.05, 0) is 38.7 Å². The van der Waals surface area contributed by atoms with Crippen LogP contribution in [-0.2, 0) is 4.79 Å². The lowest BCUT2D eigenvalue weighted by molar-refractivity contribution is -0.119. The van der Waals surface area contributed by atoms with Crippen molar-refractivity contribution in [3.05, 3.63) is 42.1 Å². The number of hydrogen-bond donors (Lipinski definition) is 1. The standard InChI is InChI=1S/C18H21N3OS/c1-12-10-16(15-6-4-3-5-7-15)21-18(19-12)23-11-17(22)20-13(2)14-8-9-14/h3-7,10,13-14H,8-9,11H2,1-2H3,(H,20,22)/t13-/m0/s1. The molecule has 23 heavy (non-hydrogen) atoms. The van der Waals surface area contributed by atoms with Gasteiger partial charge in [0.1, 0.15) is 0 Å². The molecule has 1 aromatic carbocycles. The lowest BCUT2D eigenvalue weighted by atomic mass is 10.1. The van der Waals surface area contributed by atoms with Crippen LogP contribution in [0.1, 0.15) is 25.5 Å². The van der Waals surface area contributed by atoms with E-state index in [0.717, 1.165) is 17.0 Å². The Morgan fingerprint density at radius 1 is 1.30 bits per heavy atom. The molecule has 4 nitrogen and oxygen atoms in total. The van der Waals surface area contributed by atoms with Crippen molar-refractivity contribution in [1.29, 1.82) is 0 Å². The Balaban J connectivity index is 1.63. The van der Waals surface area contributed by atoms with Crippen molar-refractivity contribution < 1.29 is 4.79 Å². The van der Waals surface area contributed by atoms with Gasteiger partial charge in [0.05, 0.1) is 11.4 Å². The van der Waals surface area contributed by atoms with Gasteiger partial charge < -0.3 is 5.32 Å². The summed E-state index contributed by atoms with van der Waals surface area (Å²) in [6.45, 7) is 4.03. The molecular weight excluding hydrogens is 306 g/mol. The number of hydrogen-bond acceptors (Lipinski definition) is 4. The van der Waals surface area contributed by atoms with Crippen LogP contribution >= 0.6 is 11.8 Å². The first-order chi connectivity index (χ1) is 11.1. The van der Waals surface area contributed by atoms with Gasteiger partial charge in [-0.3, -0.25) is 4.79 Å². The number of aryl methyl sites for hydroxylation is 1. The Morgan fingerprint density at radius 2 is 2.04 bits per heavy atom. The number of rotatable bonds is 6. The van der Waals surface area contributed by atoms with E-state index in [0.29, 0.717) is 16.8 Å². The van der Waals surface area contributed by atoms with Gasteiger partial charge in [0.15, 0.2) is 5.16 Å². The van der Waals surface area contributed by atoms with E-state index in [1.165, 1.54) is 24.6 Å². The summed E-state index contributed by atoms with van der Waals surface area (Å²) in [5, 5.41) is 3.71. The van der Waals surface area contributed by atoms with Gasteiger partial charge >= 0.3 is 0 Å². The maximum Gasteiger partial charge on any atom is 0.230 e. The molecule has 0 aliphatic heterocycles. The Hall–Kier alpha value is -1.88. The van der Waals surface area contributed by atoms with Crippen molar-refractivity contribution in [1.82, 2.24) is 15.3 Å². The van der Waals surface area contributed by atoms with Crippen LogP contribution in [0.2, 0.25) is 0 Å². The van der Waals surface area contributed by atoms with E-state index in [1.807, 2.05) is 43.3 Å². The van der Waals surface area contributed by atoms with Gasteiger partial charge in [-0.25, -0.2) is 9.97 Å². The molecule has 1 N–H and O–H groups in total. The molecule has 1 heterocycles. The normalized spacial score (nSPS) is 15.2. The second-order valence-corrected chi connectivity index (χ2v) is 6.97. The van der Waals surface area contributed by atoms with Gasteiger partial charge in [0, 0.05) is 17.3 Å². The zero-order valence-electron chi connectivity index (χ0n) is 13.5. The van der Waals surface area contributed by atoms with Crippen LogP contribution in [0.5, 0.6) is 0 Å². The minimum Gasteiger partial charge on any atom is -0.353 e. The fourth-order valence-electron chi connectivity index (χ4n) is 2.50. The molecule has 0 unspecified atom stereocenters. The van der Waals surface area contributed by atoms with Crippen molar-refractivity contribution in [2.45, 2.75) is 37.9 Å². The zero-order chi connectivity index (χ0) is 16.2. The first-order valence-corrected chi connectivity index (χ1v) is 8.93. The molecule has 0 bridgehead atoms. The maximum absolute atomic E-state index is 12.0. The number of aromatic nitrogens is 2. The average molecular weight is 327 g/mol. The quantitative estimate of drug-likeness (QED) is 0.652. The molecule has 1 amide bonds. The summed E-state index contributed by atoms with van der Waals surface area (Å²) in [5.41, 5.74) is 2.87. The van der Waals surface area contributed by atoms with E-state index >= 15 is 0 Å². The first-order valence-electron chi connectivity index (χ1n) is 7.95. The minimum atomic E-state index is 0.0563. The van der Waals surface area contributed by atoms with Gasteiger partial charge in [-0.1, -0.05) is 42.1 Å². The summed E-state index contributed by atoms with van der Waals surface area (Å²) in [4.78, 5) is 21.0. The van der Waals surface area contributed by atoms with E-state index in [9.17, 15) is 4.79 Å². The summed E-state index contributed by atoms with van der Waals surface area (Å²) >= 11 is 1.39. The molecular formula is C18H21N3OS. The van der Waals surface area contributed by atoms with E-state index in [2.05, 4.69) is 22.2 Å². The summed E-state index contributed by atoms with van der Waals surface area (Å²) < 4.78 is 0. The summed E-state index contributed by atoms with van der Waals surface area (Å²) in [7, 11) is 0. The van der Waals surface area contributed by atoms with Crippen LogP contribution in [-0.4, -0.2) is 27.7 Å². The van der Waals surface area contributed by atoms with Crippen molar-refractivity contribution in [3.8, 4) is 11.3 Å². The second-order valence-electron chi connectivity index (χ2n) is 6.03. The first kappa shape index (κ1) is 16.0. The minimum absolute atomic E-state index is 0.0563. The largest absolute Gasteiger partial charge is 0.353 e. The van der Waals surface area contributed by atoms with Crippen molar-refractivity contribution in [2.24, 2.45) is 5.92 Å². The van der Waals surface area contributed by atoms with Gasteiger partial charge in [0.25, 0.3) is 0 Å². The number of nitrogens with zero attached hydrogens (tertiary/aromatic N) is 2. The lowest BCUT2D eigenvalue weighted by Gasteiger charge is -2.12. The third-order valence-electron chi connectivity index (χ3n) is 3.95. The Bertz CT molecular complexity index is 686. The molecule has 2 aromatic rings. The van der Waals surface area contributed by atoms with Crippen molar-refractivity contribution in [2.75, 3.05) is 5.75 Å². The number of thioether (sulfide) groups is 1. The highest BCUT2D eigenvalue weighted by Gasteiger charge is 2.28. The van der Waals surface area contributed by atoms with Crippen molar-refractivity contribution >= 4 is 17.7 Å². The molecule has 0 saturated heterocycles. The third-order valence-corrected chi connectivity index (χ3v) is 4.80. The molecule has 120 valence electrons. The molecule has 3 rings (SSSR count). The fourth-order valence-corrected chi connectivity index (χ4v) is 3.22. The molecule has 1 aliphatic carbocycles. The maximum atomic E-state index is 12.0. The van der Waals surface area contributed by atoms with Gasteiger partial charge in [-0.2, -0.15) is 0 Å². The van der Waals surface area contributed by atoms with Crippen LogP contribution in [0.25, 0.3) is 11.3 Å². The van der Waals surface area contributed by atoms with Crippen molar-refractivity contribution in [3.63, 3.8) is 0 Å². The molecule has 0 spiro atoms. The Labute approximate surface area is 141 Å². The van der Waals surface area contributed by atoms with Crippen LogP contribution in [0, 0.1) is 12.8 Å². The van der Waals surface area contributed by atoms with Gasteiger partial charge in [-0.15, -0.1) is 0 Å².